The van der Waals surface area contributed by atoms with Gasteiger partial charge in [0.2, 0.25) is 11.9 Å². The van der Waals surface area contributed by atoms with Crippen LogP contribution >= 0.6 is 29.3 Å². The molecule has 0 saturated carbocycles. The van der Waals surface area contributed by atoms with Crippen molar-refractivity contribution in [3.63, 3.8) is 0 Å². The van der Waals surface area contributed by atoms with Gasteiger partial charge in [-0.05, 0) is 64.7 Å². The summed E-state index contributed by atoms with van der Waals surface area (Å²) in [4.78, 5) is 31.6. The molecule has 3 atom stereocenters. The van der Waals surface area contributed by atoms with Crippen LogP contribution in [0.4, 0.5) is 5.95 Å². The predicted octanol–water partition coefficient (Wildman–Crippen LogP) is 7.07. The van der Waals surface area contributed by atoms with Crippen LogP contribution in [0.3, 0.4) is 0 Å². The molecule has 0 aromatic carbocycles. The molecule has 1 aliphatic rings. The third kappa shape index (κ3) is 20.7. The third-order valence-corrected chi connectivity index (χ3v) is 11.0. The Bertz CT molecular complexity index is 1320. The highest BCUT2D eigenvalue weighted by Gasteiger charge is 2.31. The first-order valence-corrected chi connectivity index (χ1v) is 21.2. The summed E-state index contributed by atoms with van der Waals surface area (Å²) in [5, 5.41) is 5.87. The number of nitrogen functional groups attached to an aromatic ring is 1. The zero-order chi connectivity index (χ0) is 35.4. The lowest BCUT2D eigenvalue weighted by atomic mass is 10.2. The molecule has 2 rings (SSSR count). The highest BCUT2D eigenvalue weighted by molar-refractivity contribution is 8.76. The molecular formula is C34H55N6O6PS2. The molecule has 1 fully saturated rings. The van der Waals surface area contributed by atoms with Gasteiger partial charge in [0.15, 0.2) is 0 Å². The van der Waals surface area contributed by atoms with Crippen LogP contribution in [0.25, 0.3) is 0 Å². The lowest BCUT2D eigenvalue weighted by molar-refractivity contribution is -0.121. The van der Waals surface area contributed by atoms with Gasteiger partial charge in [-0.15, -0.1) is 0 Å². The first-order valence-electron chi connectivity index (χ1n) is 17.1. The van der Waals surface area contributed by atoms with Gasteiger partial charge in [-0.2, -0.15) is 4.98 Å². The standard InChI is InChI=1S/C34H55N6O6PS2/c1-3-5-6-7-8-9-10-11-12-13-14-15-16-17-18-19-20-21-31(41)36-24-26-48-49-27-25-38-47(43,44-4-2)45-28-30-22-23-32(46-30)40-29-37-33(35)39-34(40)42/h5-6,8-9,11-12,14-15,17-18,29-30,32H,3-4,7,10,13,16,19-28H2,1-2H3,(H,36,41)(H,38,43)(H2,35,39,42)/b6-5-,9-8-,12-11-,15-14-,18-17-. The van der Waals surface area contributed by atoms with E-state index in [0.717, 1.165) is 50.7 Å². The number of anilines is 1. The highest BCUT2D eigenvalue weighted by Crippen LogP contribution is 2.44. The molecule has 12 nitrogen and oxygen atoms in total. The summed E-state index contributed by atoms with van der Waals surface area (Å²) in [5.41, 5.74) is 4.91. The Labute approximate surface area is 299 Å². The van der Waals surface area contributed by atoms with E-state index in [2.05, 4.69) is 88.1 Å². The molecule has 0 bridgehead atoms. The Balaban J connectivity index is 1.45. The maximum absolute atomic E-state index is 13.1. The summed E-state index contributed by atoms with van der Waals surface area (Å²) in [7, 11) is -0.261. The monoisotopic (exact) mass is 738 g/mol. The fourth-order valence-electron chi connectivity index (χ4n) is 4.46. The number of ether oxygens (including phenoxy) is 1. The summed E-state index contributed by atoms with van der Waals surface area (Å²) >= 11 is 0. The van der Waals surface area contributed by atoms with E-state index in [0.29, 0.717) is 38.1 Å². The van der Waals surface area contributed by atoms with Crippen molar-refractivity contribution in [1.82, 2.24) is 24.9 Å². The van der Waals surface area contributed by atoms with Crippen molar-refractivity contribution < 1.29 is 23.1 Å². The Hall–Kier alpha value is -2.45. The summed E-state index contributed by atoms with van der Waals surface area (Å²) < 4.78 is 31.3. The van der Waals surface area contributed by atoms with Gasteiger partial charge in [-0.3, -0.25) is 18.4 Å². The minimum Gasteiger partial charge on any atom is -0.368 e. The second-order valence-electron chi connectivity index (χ2n) is 10.9. The minimum atomic E-state index is -3.52. The van der Waals surface area contributed by atoms with Crippen LogP contribution in [0.1, 0.15) is 84.3 Å². The fourth-order valence-corrected chi connectivity index (χ4v) is 7.77. The van der Waals surface area contributed by atoms with Crippen molar-refractivity contribution >= 4 is 41.2 Å². The molecule has 2 heterocycles. The van der Waals surface area contributed by atoms with E-state index in [1.54, 1.807) is 28.5 Å². The van der Waals surface area contributed by atoms with E-state index in [1.807, 2.05) is 0 Å². The first-order chi connectivity index (χ1) is 23.9. The van der Waals surface area contributed by atoms with Crippen LogP contribution < -0.4 is 21.8 Å². The van der Waals surface area contributed by atoms with Crippen LogP contribution in [0.2, 0.25) is 0 Å². The van der Waals surface area contributed by atoms with Crippen molar-refractivity contribution in [2.75, 3.05) is 43.5 Å². The number of unbranched alkanes of at least 4 members (excludes halogenated alkanes) is 1. The van der Waals surface area contributed by atoms with Crippen LogP contribution in [0, 0.1) is 0 Å². The van der Waals surface area contributed by atoms with Crippen molar-refractivity contribution in [2.45, 2.75) is 90.4 Å². The van der Waals surface area contributed by atoms with Gasteiger partial charge >= 0.3 is 13.4 Å². The molecule has 0 aliphatic carbocycles. The van der Waals surface area contributed by atoms with Gasteiger partial charge in [0.25, 0.3) is 0 Å². The molecule has 0 radical (unpaired) electrons. The third-order valence-electron chi connectivity index (χ3n) is 6.88. The quantitative estimate of drug-likeness (QED) is 0.0365. The van der Waals surface area contributed by atoms with Gasteiger partial charge in [-0.25, -0.2) is 19.4 Å². The summed E-state index contributed by atoms with van der Waals surface area (Å²) in [5.74, 6) is 1.42. The van der Waals surface area contributed by atoms with Gasteiger partial charge < -0.3 is 15.8 Å². The number of nitrogens with zero attached hydrogens (tertiary/aromatic N) is 3. The number of carbonyl (C=O) groups is 1. The number of carbonyl (C=O) groups excluding carboxylic acids is 1. The molecule has 49 heavy (non-hydrogen) atoms. The largest absolute Gasteiger partial charge is 0.405 e. The smallest absolute Gasteiger partial charge is 0.368 e. The normalized spacial score (nSPS) is 18.2. The van der Waals surface area contributed by atoms with E-state index in [4.69, 9.17) is 19.5 Å². The van der Waals surface area contributed by atoms with Crippen molar-refractivity contribution in [1.29, 1.82) is 0 Å². The number of amides is 1. The number of aromatic nitrogens is 3. The van der Waals surface area contributed by atoms with Crippen LogP contribution in [-0.4, -0.2) is 64.4 Å². The van der Waals surface area contributed by atoms with Gasteiger partial charge in [0.05, 0.1) is 19.3 Å². The molecule has 1 aliphatic heterocycles. The number of nitrogens with two attached hydrogens (primary N) is 1. The fraction of sp³-hybridized carbons (Fsp3) is 0.588. The topological polar surface area (TPSA) is 160 Å². The number of hydrogen-bond acceptors (Lipinski definition) is 11. The first kappa shape index (κ1) is 42.7. The maximum Gasteiger partial charge on any atom is 0.405 e. The second-order valence-corrected chi connectivity index (χ2v) is 15.4. The maximum atomic E-state index is 13.1. The van der Waals surface area contributed by atoms with Crippen LogP contribution in [-0.2, 0) is 23.1 Å². The Morgan fingerprint density at radius 2 is 1.61 bits per heavy atom. The number of hydrogen-bond donors (Lipinski definition) is 3. The average molecular weight is 739 g/mol. The zero-order valence-electron chi connectivity index (χ0n) is 29.0. The summed E-state index contributed by atoms with van der Waals surface area (Å²) in [6.45, 7) is 5.19. The summed E-state index contributed by atoms with van der Waals surface area (Å²) in [6.07, 6.45) is 30.6. The van der Waals surface area contributed by atoms with Crippen molar-refractivity contribution in [3.8, 4) is 0 Å². The molecule has 4 N–H and O–H groups in total. The minimum absolute atomic E-state index is 0.0509. The molecule has 1 saturated heterocycles. The van der Waals surface area contributed by atoms with Crippen molar-refractivity contribution in [3.05, 3.63) is 77.6 Å². The lowest BCUT2D eigenvalue weighted by Gasteiger charge is -2.21. The highest BCUT2D eigenvalue weighted by atomic mass is 33.1. The SMILES string of the molecule is CC/C=C\C/C=C\C/C=C\C/C=C\C/C=C\CCCC(=O)NCCSSCCNP(=O)(OCC)OCC1CCC(n2cnc(N)nc2=O)O1. The summed E-state index contributed by atoms with van der Waals surface area (Å²) in [6, 6.07) is 0. The van der Waals surface area contributed by atoms with Crippen LogP contribution in [0.15, 0.2) is 71.9 Å². The molecule has 1 amide bonds. The molecule has 1 aromatic rings. The molecule has 0 spiro atoms. The molecule has 1 aromatic heterocycles. The predicted molar refractivity (Wildman–Crippen MR) is 203 cm³/mol. The van der Waals surface area contributed by atoms with E-state index in [-0.39, 0.29) is 31.2 Å². The Morgan fingerprint density at radius 1 is 0.980 bits per heavy atom. The van der Waals surface area contributed by atoms with E-state index >= 15 is 0 Å². The molecule has 15 heteroatoms. The Kier molecular flexibility index (Phi) is 23.8. The van der Waals surface area contributed by atoms with Crippen LogP contribution in [0.5, 0.6) is 0 Å². The zero-order valence-corrected chi connectivity index (χ0v) is 31.5. The second kappa shape index (κ2) is 27.3. The van der Waals surface area contributed by atoms with Gasteiger partial charge in [0, 0.05) is 31.0 Å². The molecular weight excluding hydrogens is 684 g/mol. The average Bonchev–Trinajstić information content (AvgIpc) is 3.55. The number of allylic oxidation sites excluding steroid dienone is 10. The van der Waals surface area contributed by atoms with E-state index in [9.17, 15) is 14.2 Å². The Morgan fingerprint density at radius 3 is 2.24 bits per heavy atom. The van der Waals surface area contributed by atoms with E-state index in [1.165, 1.54) is 10.9 Å². The molecule has 3 unspecified atom stereocenters. The van der Waals surface area contributed by atoms with Gasteiger partial charge in [-0.1, -0.05) is 89.3 Å². The molecule has 274 valence electrons. The lowest BCUT2D eigenvalue weighted by Crippen LogP contribution is -2.29. The van der Waals surface area contributed by atoms with E-state index < -0.39 is 19.7 Å². The number of nitrogens with one attached hydrogen (secondary N) is 2. The van der Waals surface area contributed by atoms with Gasteiger partial charge in [0.1, 0.15) is 12.6 Å². The van der Waals surface area contributed by atoms with Crippen molar-refractivity contribution in [2.24, 2.45) is 0 Å². The number of rotatable bonds is 27.